The number of hydrogen-bond acceptors (Lipinski definition) is 3. The first-order valence-corrected chi connectivity index (χ1v) is 9.76. The Kier molecular flexibility index (Phi) is 4.48. The van der Waals surface area contributed by atoms with E-state index in [1.165, 1.54) is 17.8 Å². The molecule has 1 fully saturated rings. The lowest BCUT2D eigenvalue weighted by Crippen LogP contribution is -2.39. The number of pyridine rings is 1. The topological polar surface area (TPSA) is 33.2 Å². The molecule has 4 rings (SSSR count). The minimum absolute atomic E-state index is 0.106. The molecular weight excluding hydrogens is 352 g/mol. The van der Waals surface area contributed by atoms with E-state index in [0.717, 1.165) is 50.9 Å². The first-order valence-electron chi connectivity index (χ1n) is 8.56. The summed E-state index contributed by atoms with van der Waals surface area (Å²) in [7, 11) is 0. The number of piperidine rings is 1. The number of para-hydroxylation sites is 1. The zero-order valence-corrected chi connectivity index (χ0v) is 15.6. The molecular formula is C20H19ClN2OS. The van der Waals surface area contributed by atoms with Gasteiger partial charge in [0.2, 0.25) is 0 Å². The van der Waals surface area contributed by atoms with Crippen LogP contribution in [0, 0.1) is 5.92 Å². The van der Waals surface area contributed by atoms with Gasteiger partial charge in [-0.05, 0) is 43.0 Å². The van der Waals surface area contributed by atoms with Crippen molar-refractivity contribution >= 4 is 39.7 Å². The van der Waals surface area contributed by atoms with Gasteiger partial charge in [0, 0.05) is 18.5 Å². The molecule has 3 aromatic rings. The van der Waals surface area contributed by atoms with Crippen LogP contribution in [0.15, 0.2) is 42.5 Å². The summed E-state index contributed by atoms with van der Waals surface area (Å²) in [5.74, 6) is 0.662. The van der Waals surface area contributed by atoms with Gasteiger partial charge in [-0.3, -0.25) is 4.79 Å². The van der Waals surface area contributed by atoms with E-state index in [-0.39, 0.29) is 5.91 Å². The van der Waals surface area contributed by atoms with Crippen molar-refractivity contribution in [2.45, 2.75) is 19.8 Å². The van der Waals surface area contributed by atoms with Gasteiger partial charge in [0.25, 0.3) is 5.91 Å². The third-order valence-corrected chi connectivity index (χ3v) is 5.97. The van der Waals surface area contributed by atoms with Crippen molar-refractivity contribution in [3.8, 4) is 10.6 Å². The molecule has 1 aromatic carbocycles. The summed E-state index contributed by atoms with van der Waals surface area (Å²) in [5, 5.41) is 0.914. The molecule has 25 heavy (non-hydrogen) atoms. The van der Waals surface area contributed by atoms with Crippen molar-refractivity contribution in [3.05, 3.63) is 52.4 Å². The number of likely N-dealkylation sites (tertiary alicyclic amines) is 1. The molecule has 1 aliphatic heterocycles. The fourth-order valence-electron chi connectivity index (χ4n) is 3.47. The quantitative estimate of drug-likeness (QED) is 0.597. The maximum Gasteiger partial charge on any atom is 0.254 e. The first kappa shape index (κ1) is 16.6. The highest BCUT2D eigenvalue weighted by Crippen LogP contribution is 2.33. The van der Waals surface area contributed by atoms with Gasteiger partial charge in [-0.25, -0.2) is 4.98 Å². The lowest BCUT2D eigenvalue weighted by Gasteiger charge is -2.31. The van der Waals surface area contributed by atoms with E-state index >= 15 is 0 Å². The van der Waals surface area contributed by atoms with Crippen LogP contribution in [-0.4, -0.2) is 28.9 Å². The fourth-order valence-corrected chi connectivity index (χ4v) is 4.48. The summed E-state index contributed by atoms with van der Waals surface area (Å²) >= 11 is 7.57. The normalized spacial score (nSPS) is 17.8. The summed E-state index contributed by atoms with van der Waals surface area (Å²) in [6.07, 6.45) is 2.27. The second kappa shape index (κ2) is 6.77. The molecule has 0 spiro atoms. The number of nitrogens with zero attached hydrogens (tertiary/aromatic N) is 2. The molecule has 0 aliphatic carbocycles. The van der Waals surface area contributed by atoms with Crippen LogP contribution >= 0.6 is 22.9 Å². The maximum absolute atomic E-state index is 13.2. The van der Waals surface area contributed by atoms with Crippen molar-refractivity contribution in [2.24, 2.45) is 5.92 Å². The van der Waals surface area contributed by atoms with Crippen LogP contribution in [0.4, 0.5) is 0 Å². The Morgan fingerprint density at radius 1 is 1.28 bits per heavy atom. The predicted octanol–water partition coefficient (Wildman–Crippen LogP) is 5.49. The van der Waals surface area contributed by atoms with Gasteiger partial charge in [-0.15, -0.1) is 11.3 Å². The second-order valence-electron chi connectivity index (χ2n) is 6.67. The van der Waals surface area contributed by atoms with Crippen LogP contribution < -0.4 is 0 Å². The highest BCUT2D eigenvalue weighted by Gasteiger charge is 2.24. The third-order valence-electron chi connectivity index (χ3n) is 4.72. The van der Waals surface area contributed by atoms with Gasteiger partial charge in [0.1, 0.15) is 0 Å². The van der Waals surface area contributed by atoms with Crippen molar-refractivity contribution in [1.29, 1.82) is 0 Å². The molecule has 0 saturated carbocycles. The minimum Gasteiger partial charge on any atom is -0.338 e. The number of aromatic nitrogens is 1. The van der Waals surface area contributed by atoms with Crippen LogP contribution in [0.25, 0.3) is 21.5 Å². The van der Waals surface area contributed by atoms with Gasteiger partial charge in [-0.2, -0.15) is 0 Å². The summed E-state index contributed by atoms with van der Waals surface area (Å²) in [6.45, 7) is 3.87. The Morgan fingerprint density at radius 3 is 2.88 bits per heavy atom. The lowest BCUT2D eigenvalue weighted by atomic mass is 9.98. The zero-order chi connectivity index (χ0) is 17.4. The van der Waals surface area contributed by atoms with E-state index in [1.54, 1.807) is 0 Å². The third kappa shape index (κ3) is 3.29. The lowest BCUT2D eigenvalue weighted by molar-refractivity contribution is 0.0685. The smallest absolute Gasteiger partial charge is 0.254 e. The molecule has 5 heteroatoms. The molecule has 128 valence electrons. The number of hydrogen-bond donors (Lipinski definition) is 0. The Labute approximate surface area is 156 Å². The largest absolute Gasteiger partial charge is 0.338 e. The maximum atomic E-state index is 13.2. The van der Waals surface area contributed by atoms with Gasteiger partial charge in [0.05, 0.1) is 26.0 Å². The average Bonchev–Trinajstić information content (AvgIpc) is 3.06. The Hall–Kier alpha value is -1.91. The van der Waals surface area contributed by atoms with E-state index in [9.17, 15) is 4.79 Å². The van der Waals surface area contributed by atoms with Crippen molar-refractivity contribution in [2.75, 3.05) is 13.1 Å². The summed E-state index contributed by atoms with van der Waals surface area (Å²) in [6, 6.07) is 13.6. The number of halogens is 1. The number of rotatable bonds is 2. The van der Waals surface area contributed by atoms with Crippen LogP contribution in [0.2, 0.25) is 4.34 Å². The van der Waals surface area contributed by atoms with E-state index in [4.69, 9.17) is 16.6 Å². The summed E-state index contributed by atoms with van der Waals surface area (Å²) in [5.41, 5.74) is 2.39. The van der Waals surface area contributed by atoms with Crippen LogP contribution in [0.3, 0.4) is 0 Å². The number of benzene rings is 1. The minimum atomic E-state index is 0.106. The molecule has 1 saturated heterocycles. The molecule has 1 amide bonds. The standard InChI is InChI=1S/C20H19ClN2OS/c1-13-5-4-10-23(12-13)20(24)15-11-17(18-8-9-19(21)25-18)22-16-7-3-2-6-14(15)16/h2-3,6-9,11,13H,4-5,10,12H2,1H3/t13-/m1/s1. The molecule has 0 bridgehead atoms. The Morgan fingerprint density at radius 2 is 2.12 bits per heavy atom. The SMILES string of the molecule is C[C@@H]1CCCN(C(=O)c2cc(-c3ccc(Cl)s3)nc3ccccc23)C1. The van der Waals surface area contributed by atoms with Crippen molar-refractivity contribution in [3.63, 3.8) is 0 Å². The number of carbonyl (C=O) groups is 1. The fraction of sp³-hybridized carbons (Fsp3) is 0.300. The molecule has 1 aliphatic rings. The highest BCUT2D eigenvalue weighted by atomic mass is 35.5. The predicted molar refractivity (Wildman–Crippen MR) is 104 cm³/mol. The van der Waals surface area contributed by atoms with Gasteiger partial charge >= 0.3 is 0 Å². The molecule has 1 atom stereocenters. The number of thiophene rings is 1. The zero-order valence-electron chi connectivity index (χ0n) is 14.0. The van der Waals surface area contributed by atoms with E-state index < -0.39 is 0 Å². The van der Waals surface area contributed by atoms with Gasteiger partial charge < -0.3 is 4.90 Å². The number of carbonyl (C=O) groups excluding carboxylic acids is 1. The Bertz CT molecular complexity index is 936. The summed E-state index contributed by atoms with van der Waals surface area (Å²) < 4.78 is 0.725. The average molecular weight is 371 g/mol. The molecule has 0 unspecified atom stereocenters. The second-order valence-corrected chi connectivity index (χ2v) is 8.39. The van der Waals surface area contributed by atoms with Crippen molar-refractivity contribution < 1.29 is 4.79 Å². The molecule has 2 aromatic heterocycles. The molecule has 3 nitrogen and oxygen atoms in total. The number of amides is 1. The Balaban J connectivity index is 1.82. The molecule has 3 heterocycles. The van der Waals surface area contributed by atoms with E-state index in [2.05, 4.69) is 6.92 Å². The van der Waals surface area contributed by atoms with Gasteiger partial charge in [0.15, 0.2) is 0 Å². The monoisotopic (exact) mass is 370 g/mol. The van der Waals surface area contributed by atoms with Crippen LogP contribution in [0.1, 0.15) is 30.1 Å². The van der Waals surface area contributed by atoms with Crippen LogP contribution in [0.5, 0.6) is 0 Å². The van der Waals surface area contributed by atoms with Crippen molar-refractivity contribution in [1.82, 2.24) is 9.88 Å². The van der Waals surface area contributed by atoms with Gasteiger partial charge in [-0.1, -0.05) is 36.7 Å². The van der Waals surface area contributed by atoms with E-state index in [0.29, 0.717) is 5.92 Å². The highest BCUT2D eigenvalue weighted by molar-refractivity contribution is 7.19. The van der Waals surface area contributed by atoms with Crippen LogP contribution in [-0.2, 0) is 0 Å². The number of fused-ring (bicyclic) bond motifs is 1. The summed E-state index contributed by atoms with van der Waals surface area (Å²) in [4.78, 5) is 20.9. The molecule has 0 radical (unpaired) electrons. The molecule has 0 N–H and O–H groups in total. The van der Waals surface area contributed by atoms with E-state index in [1.807, 2.05) is 47.4 Å². The first-order chi connectivity index (χ1) is 12.1.